The van der Waals surface area contributed by atoms with Crippen LogP contribution in [-0.2, 0) is 4.79 Å². The van der Waals surface area contributed by atoms with Crippen molar-refractivity contribution in [1.29, 1.82) is 0 Å². The second-order valence-corrected chi connectivity index (χ2v) is 8.70. The van der Waals surface area contributed by atoms with Gasteiger partial charge in [-0.25, -0.2) is 0 Å². The van der Waals surface area contributed by atoms with E-state index >= 15 is 0 Å². The maximum atomic E-state index is 12.7. The van der Waals surface area contributed by atoms with Gasteiger partial charge < -0.3 is 10.4 Å². The molecule has 0 radical (unpaired) electrons. The van der Waals surface area contributed by atoms with Crippen molar-refractivity contribution in [3.05, 3.63) is 16.6 Å². The van der Waals surface area contributed by atoms with Crippen molar-refractivity contribution in [2.24, 2.45) is 5.92 Å². The summed E-state index contributed by atoms with van der Waals surface area (Å²) >= 11 is 1.51. The summed E-state index contributed by atoms with van der Waals surface area (Å²) in [6, 6.07) is 2.35. The van der Waals surface area contributed by atoms with Crippen LogP contribution in [0.25, 0.3) is 10.2 Å². The molecule has 140 valence electrons. The second-order valence-electron chi connectivity index (χ2n) is 7.67. The van der Waals surface area contributed by atoms with Crippen LogP contribution in [0.3, 0.4) is 0 Å². The summed E-state index contributed by atoms with van der Waals surface area (Å²) in [5.74, 6) is -1.17. The highest BCUT2D eigenvalue weighted by atomic mass is 32.1. The van der Waals surface area contributed by atoms with Crippen LogP contribution in [0.4, 0.5) is 0 Å². The number of aromatic nitrogens is 2. The number of carboxylic acid groups (broad SMARTS) is 1. The van der Waals surface area contributed by atoms with Crippen LogP contribution in [0.1, 0.15) is 72.8 Å². The van der Waals surface area contributed by atoms with Crippen LogP contribution in [0, 0.1) is 12.8 Å². The molecule has 2 heterocycles. The molecular weight excluding hydrogens is 350 g/mol. The lowest BCUT2D eigenvalue weighted by molar-refractivity contribution is -0.141. The third kappa shape index (κ3) is 3.24. The molecule has 2 atom stereocenters. The molecule has 2 aliphatic rings. The first-order valence-corrected chi connectivity index (χ1v) is 10.4. The summed E-state index contributed by atoms with van der Waals surface area (Å²) in [5, 5.41) is 17.9. The molecule has 2 N–H and O–H groups in total. The Morgan fingerprint density at radius 1 is 1.23 bits per heavy atom. The topological polar surface area (TPSA) is 84.2 Å². The number of nitrogens with one attached hydrogen (secondary N) is 1. The van der Waals surface area contributed by atoms with E-state index in [0.29, 0.717) is 23.8 Å². The predicted molar refractivity (Wildman–Crippen MR) is 101 cm³/mol. The van der Waals surface area contributed by atoms with Gasteiger partial charge in [0.25, 0.3) is 5.91 Å². The van der Waals surface area contributed by atoms with Crippen LogP contribution in [0.2, 0.25) is 0 Å². The van der Waals surface area contributed by atoms with Crippen molar-refractivity contribution in [1.82, 2.24) is 15.1 Å². The number of hydrogen-bond acceptors (Lipinski definition) is 4. The van der Waals surface area contributed by atoms with Crippen LogP contribution in [0.5, 0.6) is 0 Å². The van der Waals surface area contributed by atoms with Gasteiger partial charge in [-0.1, -0.05) is 19.3 Å². The van der Waals surface area contributed by atoms with Gasteiger partial charge in [0, 0.05) is 11.4 Å². The molecule has 2 aliphatic carbocycles. The number of amides is 1. The maximum absolute atomic E-state index is 12.7. The Kier molecular flexibility index (Phi) is 4.73. The van der Waals surface area contributed by atoms with Crippen molar-refractivity contribution in [3.63, 3.8) is 0 Å². The van der Waals surface area contributed by atoms with Crippen molar-refractivity contribution in [3.8, 4) is 0 Å². The largest absolute Gasteiger partial charge is 0.481 e. The average molecular weight is 375 g/mol. The number of aryl methyl sites for hydroxylation is 1. The number of aliphatic carboxylic acids is 1. The highest BCUT2D eigenvalue weighted by Gasteiger charge is 2.31. The Balaban J connectivity index is 1.52. The van der Waals surface area contributed by atoms with Crippen LogP contribution in [-0.4, -0.2) is 32.8 Å². The van der Waals surface area contributed by atoms with Gasteiger partial charge in [-0.3, -0.25) is 14.3 Å². The molecule has 2 fully saturated rings. The molecule has 2 aromatic rings. The van der Waals surface area contributed by atoms with Crippen molar-refractivity contribution in [2.45, 2.75) is 70.4 Å². The minimum Gasteiger partial charge on any atom is -0.481 e. The monoisotopic (exact) mass is 375 g/mol. The zero-order valence-electron chi connectivity index (χ0n) is 15.0. The van der Waals surface area contributed by atoms with E-state index in [1.165, 1.54) is 30.6 Å². The SMILES string of the molecule is Cc1nn(C2CCCCC2)c2sc(C(=O)N[C@H]3CC[C@H](C(=O)O)C3)cc12. The molecule has 7 heteroatoms. The molecular formula is C19H25N3O3S. The molecule has 0 unspecified atom stereocenters. The normalized spacial score (nSPS) is 24.2. The Morgan fingerprint density at radius 3 is 2.69 bits per heavy atom. The Bertz CT molecular complexity index is 835. The lowest BCUT2D eigenvalue weighted by atomic mass is 9.96. The number of fused-ring (bicyclic) bond motifs is 1. The Labute approximate surface area is 156 Å². The third-order valence-corrected chi connectivity index (χ3v) is 6.95. The molecule has 1 amide bonds. The van der Waals surface area contributed by atoms with E-state index in [2.05, 4.69) is 10.00 Å². The molecule has 26 heavy (non-hydrogen) atoms. The molecule has 2 aromatic heterocycles. The predicted octanol–water partition coefficient (Wildman–Crippen LogP) is 3.89. The molecule has 0 aliphatic heterocycles. The maximum Gasteiger partial charge on any atom is 0.306 e. The lowest BCUT2D eigenvalue weighted by Crippen LogP contribution is -2.32. The van der Waals surface area contributed by atoms with E-state index in [9.17, 15) is 9.59 Å². The van der Waals surface area contributed by atoms with Crippen LogP contribution < -0.4 is 5.32 Å². The van der Waals surface area contributed by atoms with Crippen LogP contribution >= 0.6 is 11.3 Å². The minimum atomic E-state index is -0.758. The number of thiophene rings is 1. The van der Waals surface area contributed by atoms with E-state index < -0.39 is 5.97 Å². The number of nitrogens with zero attached hydrogens (tertiary/aromatic N) is 2. The number of hydrogen-bond donors (Lipinski definition) is 2. The van der Waals surface area contributed by atoms with Gasteiger partial charge in [0.05, 0.1) is 22.5 Å². The van der Waals surface area contributed by atoms with Crippen molar-refractivity contribution in [2.75, 3.05) is 0 Å². The Morgan fingerprint density at radius 2 is 2.00 bits per heavy atom. The fourth-order valence-corrected chi connectivity index (χ4v) is 5.49. The highest BCUT2D eigenvalue weighted by molar-refractivity contribution is 7.20. The van der Waals surface area contributed by atoms with Crippen LogP contribution in [0.15, 0.2) is 6.07 Å². The summed E-state index contributed by atoms with van der Waals surface area (Å²) in [6.45, 7) is 2.00. The van der Waals surface area contributed by atoms with Crippen molar-refractivity contribution < 1.29 is 14.7 Å². The van der Waals surface area contributed by atoms with Gasteiger partial charge in [-0.15, -0.1) is 11.3 Å². The summed E-state index contributed by atoms with van der Waals surface area (Å²) in [4.78, 5) is 25.5. The Hall–Kier alpha value is -1.89. The van der Waals surface area contributed by atoms with Gasteiger partial charge in [-0.05, 0) is 45.1 Å². The number of rotatable bonds is 4. The molecule has 0 bridgehead atoms. The number of carboxylic acids is 1. The molecule has 0 aromatic carbocycles. The zero-order valence-corrected chi connectivity index (χ0v) is 15.8. The first-order chi connectivity index (χ1) is 12.5. The molecule has 6 nitrogen and oxygen atoms in total. The fourth-order valence-electron chi connectivity index (χ4n) is 4.35. The van der Waals surface area contributed by atoms with E-state index in [-0.39, 0.29) is 17.9 Å². The van der Waals surface area contributed by atoms with Crippen molar-refractivity contribution >= 4 is 33.4 Å². The second kappa shape index (κ2) is 7.02. The minimum absolute atomic E-state index is 0.0373. The quantitative estimate of drug-likeness (QED) is 0.849. The van der Waals surface area contributed by atoms with Gasteiger partial charge in [-0.2, -0.15) is 5.10 Å². The number of carbonyl (C=O) groups excluding carboxylic acids is 1. The first-order valence-electron chi connectivity index (χ1n) is 9.55. The van der Waals surface area contributed by atoms with E-state index in [1.54, 1.807) is 0 Å². The van der Waals surface area contributed by atoms with E-state index in [1.807, 2.05) is 13.0 Å². The molecule has 0 saturated heterocycles. The van der Waals surface area contributed by atoms with Gasteiger partial charge in [0.1, 0.15) is 4.83 Å². The lowest BCUT2D eigenvalue weighted by Gasteiger charge is -2.22. The summed E-state index contributed by atoms with van der Waals surface area (Å²) < 4.78 is 2.14. The van der Waals surface area contributed by atoms with Gasteiger partial charge in [0.2, 0.25) is 0 Å². The molecule has 2 saturated carbocycles. The average Bonchev–Trinajstić information content (AvgIpc) is 3.32. The summed E-state index contributed by atoms with van der Waals surface area (Å²) in [7, 11) is 0. The van der Waals surface area contributed by atoms with E-state index in [0.717, 1.165) is 35.2 Å². The third-order valence-electron chi connectivity index (χ3n) is 5.83. The number of carbonyl (C=O) groups is 2. The first kappa shape index (κ1) is 17.5. The zero-order chi connectivity index (χ0) is 18.3. The summed E-state index contributed by atoms with van der Waals surface area (Å²) in [5.41, 5.74) is 0.979. The fraction of sp³-hybridized carbons (Fsp3) is 0.632. The smallest absolute Gasteiger partial charge is 0.306 e. The standard InChI is InChI=1S/C19H25N3O3S/c1-11-15-10-16(17(23)20-13-8-7-12(9-13)19(24)25)26-18(15)22(21-11)14-5-3-2-4-6-14/h10,12-14H,2-9H2,1H3,(H,20,23)(H,24,25)/t12-,13-/m0/s1. The van der Waals surface area contributed by atoms with Gasteiger partial charge >= 0.3 is 5.97 Å². The van der Waals surface area contributed by atoms with E-state index in [4.69, 9.17) is 10.2 Å². The molecule has 0 spiro atoms. The van der Waals surface area contributed by atoms with Gasteiger partial charge in [0.15, 0.2) is 0 Å². The summed E-state index contributed by atoms with van der Waals surface area (Å²) in [6.07, 6.45) is 8.03. The molecule has 4 rings (SSSR count). The highest BCUT2D eigenvalue weighted by Crippen LogP contribution is 2.35.